The lowest BCUT2D eigenvalue weighted by molar-refractivity contribution is -0.113. The number of nitrogens with zero attached hydrogens (tertiary/aromatic N) is 4. The average Bonchev–Trinajstić information content (AvgIpc) is 3.35. The first kappa shape index (κ1) is 24.3. The van der Waals surface area contributed by atoms with Gasteiger partial charge in [-0.1, -0.05) is 32.5 Å². The van der Waals surface area contributed by atoms with E-state index in [9.17, 15) is 10.1 Å². The minimum Gasteiger partial charge on any atom is -0.497 e. The Hall–Kier alpha value is -2.83. The van der Waals surface area contributed by atoms with Gasteiger partial charge in [0.05, 0.1) is 18.4 Å². The second-order valence-electron chi connectivity index (χ2n) is 9.56. The number of nitrogens with one attached hydrogen (secondary N) is 1. The predicted molar refractivity (Wildman–Crippen MR) is 136 cm³/mol. The van der Waals surface area contributed by atoms with E-state index in [4.69, 9.17) is 4.74 Å². The molecule has 0 spiro atoms. The van der Waals surface area contributed by atoms with Gasteiger partial charge in [-0.05, 0) is 60.4 Å². The zero-order valence-electron chi connectivity index (χ0n) is 20.1. The molecule has 1 amide bonds. The third-order valence-corrected chi connectivity index (χ3v) is 8.56. The quantitative estimate of drug-likeness (QED) is 0.466. The Kier molecular flexibility index (Phi) is 7.01. The number of hydrogen-bond donors (Lipinski definition) is 1. The average molecular weight is 496 g/mol. The van der Waals surface area contributed by atoms with E-state index in [1.807, 2.05) is 35.9 Å². The smallest absolute Gasteiger partial charge is 0.235 e. The van der Waals surface area contributed by atoms with Gasteiger partial charge in [-0.25, -0.2) is 0 Å². The van der Waals surface area contributed by atoms with Gasteiger partial charge in [0.15, 0.2) is 11.0 Å². The van der Waals surface area contributed by atoms with E-state index in [0.717, 1.165) is 42.0 Å². The zero-order valence-corrected chi connectivity index (χ0v) is 21.8. The highest BCUT2D eigenvalue weighted by Gasteiger charge is 2.32. The number of thioether (sulfide) groups is 1. The molecule has 1 N–H and O–H groups in total. The fourth-order valence-electron chi connectivity index (χ4n) is 4.26. The topological polar surface area (TPSA) is 92.8 Å². The lowest BCUT2D eigenvalue weighted by Crippen LogP contribution is -2.26. The van der Waals surface area contributed by atoms with Crippen LogP contribution in [-0.4, -0.2) is 33.5 Å². The highest BCUT2D eigenvalue weighted by atomic mass is 32.2. The molecule has 1 aliphatic rings. The van der Waals surface area contributed by atoms with Gasteiger partial charge in [-0.2, -0.15) is 5.26 Å². The summed E-state index contributed by atoms with van der Waals surface area (Å²) in [6, 6.07) is 9.94. The number of carbonyl (C=O) groups excluding carboxylic acids is 1. The van der Waals surface area contributed by atoms with Crippen LogP contribution >= 0.6 is 23.1 Å². The highest BCUT2D eigenvalue weighted by molar-refractivity contribution is 7.99. The summed E-state index contributed by atoms with van der Waals surface area (Å²) in [5, 5.41) is 22.6. The number of methoxy groups -OCH3 is 1. The standard InChI is InChI=1S/C25H29N5O2S2/c1-25(2,3)16-8-11-18-19(13-26)23(34-20(18)12-16)27-21(31)14-33-24-29-28-22(30(24)4)15-6-9-17(32-5)10-7-15/h6-7,9-10,16H,8,11-12,14H2,1-5H3,(H,27,31)/t16-/m0/s1. The molecule has 1 aliphatic carbocycles. The van der Waals surface area contributed by atoms with E-state index >= 15 is 0 Å². The van der Waals surface area contributed by atoms with Crippen LogP contribution in [0.5, 0.6) is 5.75 Å². The summed E-state index contributed by atoms with van der Waals surface area (Å²) in [5.41, 5.74) is 2.90. The zero-order chi connectivity index (χ0) is 24.5. The van der Waals surface area contributed by atoms with Crippen molar-refractivity contribution in [1.29, 1.82) is 5.26 Å². The first-order chi connectivity index (χ1) is 16.2. The molecule has 0 saturated carbocycles. The largest absolute Gasteiger partial charge is 0.497 e. The number of aromatic nitrogens is 3. The molecule has 0 unspecified atom stereocenters. The fraction of sp³-hybridized carbons (Fsp3) is 0.440. The summed E-state index contributed by atoms with van der Waals surface area (Å²) in [7, 11) is 3.51. The maximum absolute atomic E-state index is 12.7. The van der Waals surface area contributed by atoms with Gasteiger partial charge in [0.25, 0.3) is 0 Å². The van der Waals surface area contributed by atoms with Crippen LogP contribution in [0.4, 0.5) is 5.00 Å². The number of benzene rings is 1. The Bertz CT molecular complexity index is 1230. The van der Waals surface area contributed by atoms with Crippen LogP contribution in [0, 0.1) is 22.7 Å². The summed E-state index contributed by atoms with van der Waals surface area (Å²) < 4.78 is 7.08. The van der Waals surface area contributed by atoms with Crippen molar-refractivity contribution in [3.8, 4) is 23.2 Å². The number of amides is 1. The number of fused-ring (bicyclic) bond motifs is 1. The van der Waals surface area contributed by atoms with Crippen molar-refractivity contribution in [2.75, 3.05) is 18.2 Å². The van der Waals surface area contributed by atoms with Crippen molar-refractivity contribution >= 4 is 34.0 Å². The van der Waals surface area contributed by atoms with Crippen molar-refractivity contribution in [2.45, 2.75) is 45.2 Å². The Labute approximate surface area is 208 Å². The molecule has 0 fully saturated rings. The van der Waals surface area contributed by atoms with Gasteiger partial charge in [0.1, 0.15) is 16.8 Å². The fourth-order valence-corrected chi connectivity index (χ4v) is 6.26. The number of anilines is 1. The maximum atomic E-state index is 12.7. The van der Waals surface area contributed by atoms with Crippen LogP contribution in [0.2, 0.25) is 0 Å². The van der Waals surface area contributed by atoms with Crippen molar-refractivity contribution < 1.29 is 9.53 Å². The number of carbonyl (C=O) groups is 1. The molecule has 2 heterocycles. The second kappa shape index (κ2) is 9.80. The Morgan fingerprint density at radius 3 is 2.71 bits per heavy atom. The molecular formula is C25H29N5O2S2. The molecule has 9 heteroatoms. The van der Waals surface area contributed by atoms with Crippen LogP contribution in [0.1, 0.15) is 43.2 Å². The van der Waals surface area contributed by atoms with Gasteiger partial charge < -0.3 is 14.6 Å². The maximum Gasteiger partial charge on any atom is 0.235 e. The third-order valence-electron chi connectivity index (χ3n) is 6.37. The molecule has 0 radical (unpaired) electrons. The molecule has 4 rings (SSSR count). The predicted octanol–water partition coefficient (Wildman–Crippen LogP) is 5.31. The van der Waals surface area contributed by atoms with Crippen LogP contribution in [-0.2, 0) is 24.7 Å². The van der Waals surface area contributed by atoms with E-state index in [0.29, 0.717) is 21.6 Å². The van der Waals surface area contributed by atoms with E-state index in [1.165, 1.54) is 16.6 Å². The minimum atomic E-state index is -0.151. The summed E-state index contributed by atoms with van der Waals surface area (Å²) in [5.74, 6) is 2.11. The van der Waals surface area contributed by atoms with Gasteiger partial charge in [-0.15, -0.1) is 21.5 Å². The summed E-state index contributed by atoms with van der Waals surface area (Å²) in [4.78, 5) is 14.0. The van der Waals surface area contributed by atoms with E-state index in [1.54, 1.807) is 18.4 Å². The van der Waals surface area contributed by atoms with Gasteiger partial charge >= 0.3 is 0 Å². The molecule has 1 aromatic carbocycles. The van der Waals surface area contributed by atoms with Gasteiger partial charge in [0.2, 0.25) is 5.91 Å². The highest BCUT2D eigenvalue weighted by Crippen LogP contribution is 2.44. The molecule has 3 aromatic rings. The van der Waals surface area contributed by atoms with Crippen LogP contribution < -0.4 is 10.1 Å². The van der Waals surface area contributed by atoms with E-state index in [2.05, 4.69) is 42.4 Å². The molecule has 178 valence electrons. The molecule has 0 bridgehead atoms. The van der Waals surface area contributed by atoms with Gasteiger partial charge in [-0.3, -0.25) is 4.79 Å². The van der Waals surface area contributed by atoms with Crippen LogP contribution in [0.3, 0.4) is 0 Å². The number of hydrogen-bond acceptors (Lipinski definition) is 7. The molecule has 0 aliphatic heterocycles. The SMILES string of the molecule is COc1ccc(-c2nnc(SCC(=O)Nc3sc4c(c3C#N)CC[C@H](C(C)(C)C)C4)n2C)cc1. The summed E-state index contributed by atoms with van der Waals surface area (Å²) in [6.45, 7) is 6.82. The van der Waals surface area contributed by atoms with Gasteiger partial charge in [0, 0.05) is 17.5 Å². The van der Waals surface area contributed by atoms with Crippen molar-refractivity contribution in [1.82, 2.24) is 14.8 Å². The molecular weight excluding hydrogens is 466 g/mol. The monoisotopic (exact) mass is 495 g/mol. The lowest BCUT2D eigenvalue weighted by Gasteiger charge is -2.33. The normalized spacial score (nSPS) is 15.5. The lowest BCUT2D eigenvalue weighted by atomic mass is 9.72. The summed E-state index contributed by atoms with van der Waals surface area (Å²) >= 11 is 2.88. The molecule has 1 atom stereocenters. The van der Waals surface area contributed by atoms with E-state index < -0.39 is 0 Å². The first-order valence-electron chi connectivity index (χ1n) is 11.2. The van der Waals surface area contributed by atoms with Crippen LogP contribution in [0.15, 0.2) is 29.4 Å². The van der Waals surface area contributed by atoms with Crippen LogP contribution in [0.25, 0.3) is 11.4 Å². The molecule has 7 nitrogen and oxygen atoms in total. The van der Waals surface area contributed by atoms with Crippen molar-refractivity contribution in [2.24, 2.45) is 18.4 Å². The number of thiophene rings is 1. The molecule has 34 heavy (non-hydrogen) atoms. The minimum absolute atomic E-state index is 0.151. The Morgan fingerprint density at radius 2 is 2.06 bits per heavy atom. The summed E-state index contributed by atoms with van der Waals surface area (Å²) in [6.07, 6.45) is 2.94. The van der Waals surface area contributed by atoms with E-state index in [-0.39, 0.29) is 17.1 Å². The molecule has 0 saturated heterocycles. The Morgan fingerprint density at radius 1 is 1.32 bits per heavy atom. The second-order valence-corrected chi connectivity index (χ2v) is 11.6. The first-order valence-corrected chi connectivity index (χ1v) is 13.0. The van der Waals surface area contributed by atoms with Crippen molar-refractivity contribution in [3.05, 3.63) is 40.3 Å². The Balaban J connectivity index is 1.42. The number of rotatable bonds is 6. The van der Waals surface area contributed by atoms with Crippen molar-refractivity contribution in [3.63, 3.8) is 0 Å². The molecule has 2 aromatic heterocycles. The third kappa shape index (κ3) is 4.98. The number of nitriles is 1. The number of ether oxygens (including phenoxy) is 1.